The number of nitrogens with zero attached hydrogens (tertiary/aromatic N) is 6. The van der Waals surface area contributed by atoms with Crippen LogP contribution in [0.25, 0.3) is 10.8 Å². The van der Waals surface area contributed by atoms with Crippen molar-refractivity contribution < 1.29 is 37.1 Å². The fourth-order valence-corrected chi connectivity index (χ4v) is 6.86. The first-order valence-electron chi connectivity index (χ1n) is 16.8. The highest BCUT2D eigenvalue weighted by molar-refractivity contribution is 6.33. The van der Waals surface area contributed by atoms with Crippen LogP contribution >= 0.6 is 0 Å². The molecule has 0 aromatic heterocycles. The predicted molar refractivity (Wildman–Crippen MR) is 183 cm³/mol. The Morgan fingerprint density at radius 2 is 0.674 bits per heavy atom. The number of imide groups is 2. The third-order valence-electron chi connectivity index (χ3n) is 9.54. The fraction of sp³-hybridized carbons (Fsp3) is 0.611. The van der Waals surface area contributed by atoms with Crippen LogP contribution in [0.15, 0.2) is 24.3 Å². The van der Waals surface area contributed by atoms with Gasteiger partial charge in [0, 0.05) is 71.8 Å². The molecule has 252 valence electrons. The number of amides is 4. The molecule has 0 spiro atoms. The van der Waals surface area contributed by atoms with Gasteiger partial charge in [-0.15, -0.1) is 0 Å². The molecule has 0 N–H and O–H groups in total. The smallest absolute Gasteiger partial charge is 0.261 e. The monoisotopic (exact) mass is 638 g/mol. The second kappa shape index (κ2) is 13.1. The van der Waals surface area contributed by atoms with Gasteiger partial charge in [0.05, 0.1) is 110 Å². The number of hydrogen-bond donors (Lipinski definition) is 0. The number of quaternary nitrogens is 4. The fourth-order valence-electron chi connectivity index (χ4n) is 6.86. The van der Waals surface area contributed by atoms with Gasteiger partial charge in [0.1, 0.15) is 0 Å². The van der Waals surface area contributed by atoms with Gasteiger partial charge in [0.2, 0.25) is 0 Å². The predicted octanol–water partition coefficient (Wildman–Crippen LogP) is 3.16. The van der Waals surface area contributed by atoms with E-state index in [-0.39, 0.29) is 23.6 Å². The summed E-state index contributed by atoms with van der Waals surface area (Å²) in [6, 6.07) is 6.66. The quantitative estimate of drug-likeness (QED) is 0.209. The van der Waals surface area contributed by atoms with Crippen molar-refractivity contribution in [3.63, 3.8) is 0 Å². The van der Waals surface area contributed by atoms with Gasteiger partial charge in [0.25, 0.3) is 23.6 Å². The van der Waals surface area contributed by atoms with E-state index in [4.69, 9.17) is 0 Å². The summed E-state index contributed by atoms with van der Waals surface area (Å²) in [5.41, 5.74) is 1.53. The maximum absolute atomic E-state index is 13.7. The van der Waals surface area contributed by atoms with E-state index in [0.717, 1.165) is 70.0 Å². The number of rotatable bonds is 16. The largest absolute Gasteiger partial charge is 0.331 e. The summed E-state index contributed by atoms with van der Waals surface area (Å²) >= 11 is 0. The van der Waals surface area contributed by atoms with Crippen molar-refractivity contribution in [1.82, 2.24) is 9.80 Å². The van der Waals surface area contributed by atoms with Gasteiger partial charge in [-0.1, -0.05) is 0 Å². The van der Waals surface area contributed by atoms with Gasteiger partial charge in [-0.2, -0.15) is 0 Å². The minimum absolute atomic E-state index is 0.328. The van der Waals surface area contributed by atoms with Crippen LogP contribution in [-0.4, -0.2) is 174 Å². The molecule has 0 bridgehead atoms. The lowest BCUT2D eigenvalue weighted by molar-refractivity contribution is -0.902. The van der Waals surface area contributed by atoms with E-state index in [0.29, 0.717) is 59.0 Å². The molecule has 0 fully saturated rings. The molecular weight excluding hydrogens is 580 g/mol. The summed E-state index contributed by atoms with van der Waals surface area (Å²) in [6.45, 7) is 6.58. The lowest BCUT2D eigenvalue weighted by Gasteiger charge is -2.34. The van der Waals surface area contributed by atoms with Crippen LogP contribution in [-0.2, 0) is 0 Å². The van der Waals surface area contributed by atoms with Crippen LogP contribution in [0.4, 0.5) is 0 Å². The minimum Gasteiger partial charge on any atom is -0.331 e. The Balaban J connectivity index is 1.45. The van der Waals surface area contributed by atoms with Crippen LogP contribution < -0.4 is 0 Å². The lowest BCUT2D eigenvalue weighted by atomic mass is 9.86. The van der Waals surface area contributed by atoms with E-state index in [9.17, 15) is 19.2 Å². The molecule has 0 atom stereocenters. The van der Waals surface area contributed by atoms with E-state index in [1.807, 2.05) is 0 Å². The van der Waals surface area contributed by atoms with Crippen LogP contribution in [0, 0.1) is 0 Å². The maximum Gasteiger partial charge on any atom is 0.261 e. The summed E-state index contributed by atoms with van der Waals surface area (Å²) in [7, 11) is 21.9. The highest BCUT2D eigenvalue weighted by Gasteiger charge is 2.39. The highest BCUT2D eigenvalue weighted by atomic mass is 16.2. The average molecular weight is 639 g/mol. The second-order valence-electron chi connectivity index (χ2n) is 16.8. The second-order valence-corrected chi connectivity index (χ2v) is 16.8. The van der Waals surface area contributed by atoms with E-state index in [1.165, 1.54) is 9.80 Å². The molecule has 0 saturated carbocycles. The Morgan fingerprint density at radius 1 is 0.413 bits per heavy atom. The lowest BCUT2D eigenvalue weighted by Crippen LogP contribution is -2.47. The zero-order chi connectivity index (χ0) is 34.2. The van der Waals surface area contributed by atoms with Gasteiger partial charge in [-0.25, -0.2) is 0 Å². The Kier molecular flexibility index (Phi) is 10.2. The molecule has 0 aliphatic carbocycles. The molecule has 4 rings (SSSR count). The molecule has 2 aromatic carbocycles. The summed E-state index contributed by atoms with van der Waals surface area (Å²) in [4.78, 5) is 57.4. The zero-order valence-corrected chi connectivity index (χ0v) is 30.1. The topological polar surface area (TPSA) is 74.8 Å². The van der Waals surface area contributed by atoms with Crippen molar-refractivity contribution in [2.75, 3.05) is 123 Å². The van der Waals surface area contributed by atoms with Crippen molar-refractivity contribution in [1.29, 1.82) is 0 Å². The van der Waals surface area contributed by atoms with Crippen LogP contribution in [0.3, 0.4) is 0 Å². The summed E-state index contributed by atoms with van der Waals surface area (Å²) in [5, 5.41) is 0.878. The van der Waals surface area contributed by atoms with Crippen LogP contribution in [0.5, 0.6) is 0 Å². The average Bonchev–Trinajstić information content (AvgIpc) is 2.92. The molecule has 4 amide bonds. The van der Waals surface area contributed by atoms with Crippen LogP contribution in [0.2, 0.25) is 0 Å². The third kappa shape index (κ3) is 8.20. The highest BCUT2D eigenvalue weighted by Crippen LogP contribution is 2.38. The molecule has 0 saturated heterocycles. The molecule has 2 aliphatic rings. The molecule has 10 nitrogen and oxygen atoms in total. The molecule has 2 aromatic rings. The van der Waals surface area contributed by atoms with Gasteiger partial charge >= 0.3 is 0 Å². The summed E-state index contributed by atoms with van der Waals surface area (Å²) < 4.78 is 3.50. The Bertz CT molecular complexity index is 1330. The SMILES string of the molecule is C[N+](C)(C)CCC[N+](C)(C)CCCN1C(=O)c2ccc3c4c(ccc(c24)C1=O)C(=O)N(CCC[N+](C)(C)CCC[N+](C)(C)C)C3=O. The van der Waals surface area contributed by atoms with E-state index < -0.39 is 0 Å². The normalized spacial score (nSPS) is 15.9. The zero-order valence-electron chi connectivity index (χ0n) is 30.1. The molecule has 2 aliphatic heterocycles. The van der Waals surface area contributed by atoms with Crippen molar-refractivity contribution in [3.8, 4) is 0 Å². The first-order chi connectivity index (χ1) is 21.2. The summed E-state index contributed by atoms with van der Waals surface area (Å²) in [6.07, 6.45) is 3.59. The number of carbonyl (C=O) groups excluding carboxylic acids is 4. The number of hydrogen-bond acceptors (Lipinski definition) is 4. The van der Waals surface area contributed by atoms with Crippen molar-refractivity contribution >= 4 is 34.4 Å². The molecule has 2 heterocycles. The standard InChI is InChI=1S/C36H58N6O4/c1-39(2,3)21-13-25-41(7,8)23-11-19-37-33(43)27-15-17-29-32-30(18-16-28(31(27)32)34(37)44)36(46)38(35(29)45)20-12-24-42(9,10)26-14-22-40(4,5)6/h15-18H,11-14,19-26H2,1-10H3/q+4. The molecule has 0 radical (unpaired) electrons. The number of benzene rings is 2. The number of carbonyl (C=O) groups is 4. The summed E-state index contributed by atoms with van der Waals surface area (Å²) in [5.74, 6) is -1.43. The molecule has 0 unspecified atom stereocenters. The van der Waals surface area contributed by atoms with Crippen LogP contribution in [0.1, 0.15) is 67.1 Å². The van der Waals surface area contributed by atoms with Crippen molar-refractivity contribution in [2.24, 2.45) is 0 Å². The van der Waals surface area contributed by atoms with E-state index in [2.05, 4.69) is 70.5 Å². The van der Waals surface area contributed by atoms with Gasteiger partial charge in [-0.3, -0.25) is 29.0 Å². The van der Waals surface area contributed by atoms with E-state index in [1.54, 1.807) is 24.3 Å². The Hall–Kier alpha value is -3.18. The van der Waals surface area contributed by atoms with Gasteiger partial charge in [0.15, 0.2) is 0 Å². The Labute approximate surface area is 276 Å². The van der Waals surface area contributed by atoms with Crippen molar-refractivity contribution in [3.05, 3.63) is 46.5 Å². The van der Waals surface area contributed by atoms with Gasteiger partial charge in [-0.05, 0) is 24.3 Å². The molecule has 46 heavy (non-hydrogen) atoms. The van der Waals surface area contributed by atoms with E-state index >= 15 is 0 Å². The molecule has 10 heteroatoms. The maximum atomic E-state index is 13.7. The molecular formula is C36H58N6O4+4. The first-order valence-corrected chi connectivity index (χ1v) is 16.8. The Morgan fingerprint density at radius 3 is 0.935 bits per heavy atom. The minimum atomic E-state index is -0.357. The van der Waals surface area contributed by atoms with Crippen molar-refractivity contribution in [2.45, 2.75) is 25.7 Å². The third-order valence-corrected chi connectivity index (χ3v) is 9.54. The van der Waals surface area contributed by atoms with Gasteiger partial charge < -0.3 is 17.9 Å². The first kappa shape index (κ1) is 35.7.